The Hall–Kier alpha value is -1.47. The van der Waals surface area contributed by atoms with Gasteiger partial charge in [-0.3, -0.25) is 4.72 Å². The summed E-state index contributed by atoms with van der Waals surface area (Å²) in [7, 11) is -3.51. The summed E-state index contributed by atoms with van der Waals surface area (Å²) in [6, 6.07) is 4.43. The molecule has 0 aromatic heterocycles. The van der Waals surface area contributed by atoms with Crippen LogP contribution in [0, 0.1) is 5.92 Å². The highest BCUT2D eigenvalue weighted by molar-refractivity contribution is 7.92. The van der Waals surface area contributed by atoms with E-state index in [9.17, 15) is 8.42 Å². The van der Waals surface area contributed by atoms with Crippen LogP contribution >= 0.6 is 11.6 Å². The van der Waals surface area contributed by atoms with Gasteiger partial charge in [-0.2, -0.15) is 0 Å². The minimum atomic E-state index is -3.51. The highest BCUT2D eigenvalue weighted by Gasteiger charge is 2.16. The van der Waals surface area contributed by atoms with E-state index >= 15 is 0 Å². The van der Waals surface area contributed by atoms with E-state index in [0.29, 0.717) is 11.4 Å². The highest BCUT2D eigenvalue weighted by atomic mass is 35.5. The van der Waals surface area contributed by atoms with E-state index in [1.54, 1.807) is 0 Å². The van der Waals surface area contributed by atoms with Crippen LogP contribution in [0.25, 0.3) is 0 Å². The van der Waals surface area contributed by atoms with Crippen molar-refractivity contribution in [2.75, 3.05) is 10.5 Å². The molecule has 1 aromatic carbocycles. The first kappa shape index (κ1) is 16.6. The molecule has 6 nitrogen and oxygen atoms in total. The second kappa shape index (κ2) is 6.81. The zero-order chi connectivity index (χ0) is 15.3. The molecule has 8 heteroatoms. The fourth-order valence-corrected chi connectivity index (χ4v) is 3.05. The lowest BCUT2D eigenvalue weighted by Crippen LogP contribution is -2.22. The molecule has 0 unspecified atom stereocenters. The fraction of sp³-hybridized carbons (Fsp3) is 0.417. The van der Waals surface area contributed by atoms with Crippen LogP contribution in [0.4, 0.5) is 5.69 Å². The third-order valence-electron chi connectivity index (χ3n) is 2.59. The van der Waals surface area contributed by atoms with Crippen molar-refractivity contribution in [3.63, 3.8) is 0 Å². The lowest BCUT2D eigenvalue weighted by atomic mass is 10.1. The van der Waals surface area contributed by atoms with E-state index in [4.69, 9.17) is 22.5 Å². The highest BCUT2D eigenvalue weighted by Crippen LogP contribution is 2.22. The summed E-state index contributed by atoms with van der Waals surface area (Å²) in [4.78, 5) is 0. The minimum absolute atomic E-state index is 0.00715. The Morgan fingerprint density at radius 1 is 1.50 bits per heavy atom. The number of halogens is 1. The smallest absolute Gasteiger partial charge is 0.232 e. The normalized spacial score (nSPS) is 12.7. The SMILES string of the molecule is CC(C)CCS(=O)(=O)Nc1cc(Cl)ccc1C(N)=NO. The molecule has 0 fully saturated rings. The van der Waals surface area contributed by atoms with Gasteiger partial charge < -0.3 is 10.9 Å². The molecule has 0 atom stereocenters. The number of nitrogens with one attached hydrogen (secondary N) is 1. The van der Waals surface area contributed by atoms with Crippen molar-refractivity contribution in [2.24, 2.45) is 16.8 Å². The van der Waals surface area contributed by atoms with E-state index in [1.165, 1.54) is 18.2 Å². The van der Waals surface area contributed by atoms with Crippen LogP contribution in [0.5, 0.6) is 0 Å². The molecule has 0 saturated carbocycles. The van der Waals surface area contributed by atoms with Crippen LogP contribution in [0.15, 0.2) is 23.4 Å². The van der Waals surface area contributed by atoms with Crippen molar-refractivity contribution in [3.8, 4) is 0 Å². The monoisotopic (exact) mass is 319 g/mol. The first-order valence-electron chi connectivity index (χ1n) is 6.03. The van der Waals surface area contributed by atoms with E-state index in [2.05, 4.69) is 9.88 Å². The van der Waals surface area contributed by atoms with Crippen LogP contribution < -0.4 is 10.5 Å². The summed E-state index contributed by atoms with van der Waals surface area (Å²) in [5, 5.41) is 11.9. The summed E-state index contributed by atoms with van der Waals surface area (Å²) < 4.78 is 26.4. The molecular formula is C12H18ClN3O3S. The van der Waals surface area contributed by atoms with Gasteiger partial charge in [-0.15, -0.1) is 0 Å². The average Bonchev–Trinajstić information content (AvgIpc) is 2.35. The average molecular weight is 320 g/mol. The number of sulfonamides is 1. The maximum atomic E-state index is 12.0. The number of rotatable bonds is 6. The number of nitrogens with zero attached hydrogens (tertiary/aromatic N) is 1. The Bertz CT molecular complexity index is 600. The van der Waals surface area contributed by atoms with E-state index < -0.39 is 10.0 Å². The van der Waals surface area contributed by atoms with Crippen LogP contribution in [0.1, 0.15) is 25.8 Å². The van der Waals surface area contributed by atoms with Gasteiger partial charge in [0.05, 0.1) is 11.4 Å². The Labute approximate surface area is 123 Å². The second-order valence-corrected chi connectivity index (χ2v) is 7.06. The van der Waals surface area contributed by atoms with Gasteiger partial charge in [-0.05, 0) is 30.5 Å². The van der Waals surface area contributed by atoms with Crippen LogP contribution in [-0.4, -0.2) is 25.2 Å². The van der Waals surface area contributed by atoms with Gasteiger partial charge >= 0.3 is 0 Å². The Balaban J connectivity index is 3.05. The summed E-state index contributed by atoms with van der Waals surface area (Å²) in [6.07, 6.45) is 0.537. The molecule has 0 heterocycles. The van der Waals surface area contributed by atoms with Crippen molar-refractivity contribution in [3.05, 3.63) is 28.8 Å². The van der Waals surface area contributed by atoms with Crippen LogP contribution in [0.3, 0.4) is 0 Å². The number of nitrogens with two attached hydrogens (primary N) is 1. The number of hydrogen-bond donors (Lipinski definition) is 3. The molecule has 0 spiro atoms. The molecule has 0 saturated heterocycles. The number of anilines is 1. The van der Waals surface area contributed by atoms with Crippen LogP contribution in [-0.2, 0) is 10.0 Å². The zero-order valence-corrected chi connectivity index (χ0v) is 12.9. The first-order chi connectivity index (χ1) is 9.25. The second-order valence-electron chi connectivity index (χ2n) is 4.78. The number of oxime groups is 1. The third kappa shape index (κ3) is 4.90. The molecular weight excluding hydrogens is 302 g/mol. The molecule has 1 aromatic rings. The molecule has 0 aliphatic carbocycles. The topological polar surface area (TPSA) is 105 Å². The molecule has 0 amide bonds. The predicted octanol–water partition coefficient (Wildman–Crippen LogP) is 2.22. The minimum Gasteiger partial charge on any atom is -0.409 e. The zero-order valence-electron chi connectivity index (χ0n) is 11.3. The van der Waals surface area contributed by atoms with Crippen molar-refractivity contribution in [1.29, 1.82) is 0 Å². The van der Waals surface area contributed by atoms with E-state index in [-0.39, 0.29) is 28.8 Å². The fourth-order valence-electron chi connectivity index (χ4n) is 1.49. The molecule has 0 aliphatic rings. The quantitative estimate of drug-likeness (QED) is 0.323. The van der Waals surface area contributed by atoms with E-state index in [1.807, 2.05) is 13.8 Å². The van der Waals surface area contributed by atoms with Gasteiger partial charge in [0.1, 0.15) is 0 Å². The Morgan fingerprint density at radius 2 is 2.15 bits per heavy atom. The van der Waals surface area contributed by atoms with Gasteiger partial charge in [-0.1, -0.05) is 30.6 Å². The molecule has 0 aliphatic heterocycles. The third-order valence-corrected chi connectivity index (χ3v) is 4.13. The lowest BCUT2D eigenvalue weighted by Gasteiger charge is -2.13. The lowest BCUT2D eigenvalue weighted by molar-refractivity contribution is 0.318. The Morgan fingerprint density at radius 3 is 2.70 bits per heavy atom. The molecule has 1 rings (SSSR count). The molecule has 0 radical (unpaired) electrons. The van der Waals surface area contributed by atoms with Crippen molar-refractivity contribution in [1.82, 2.24) is 0 Å². The van der Waals surface area contributed by atoms with Gasteiger partial charge in [0, 0.05) is 10.6 Å². The Kier molecular flexibility index (Phi) is 5.64. The maximum absolute atomic E-state index is 12.0. The van der Waals surface area contributed by atoms with Gasteiger partial charge in [0.2, 0.25) is 10.0 Å². The maximum Gasteiger partial charge on any atom is 0.232 e. The van der Waals surface area contributed by atoms with Gasteiger partial charge in [0.25, 0.3) is 0 Å². The number of benzene rings is 1. The molecule has 112 valence electrons. The molecule has 0 bridgehead atoms. The predicted molar refractivity (Wildman–Crippen MR) is 80.8 cm³/mol. The number of amidine groups is 1. The summed E-state index contributed by atoms with van der Waals surface area (Å²) in [5.74, 6) is 0.0741. The first-order valence-corrected chi connectivity index (χ1v) is 8.06. The van der Waals surface area contributed by atoms with Crippen molar-refractivity contribution < 1.29 is 13.6 Å². The largest absolute Gasteiger partial charge is 0.409 e. The number of hydrogen-bond acceptors (Lipinski definition) is 4. The van der Waals surface area contributed by atoms with Gasteiger partial charge in [-0.25, -0.2) is 8.42 Å². The van der Waals surface area contributed by atoms with Crippen molar-refractivity contribution in [2.45, 2.75) is 20.3 Å². The van der Waals surface area contributed by atoms with Gasteiger partial charge in [0.15, 0.2) is 5.84 Å². The van der Waals surface area contributed by atoms with Crippen molar-refractivity contribution >= 4 is 33.1 Å². The summed E-state index contributed by atoms with van der Waals surface area (Å²) >= 11 is 5.84. The summed E-state index contributed by atoms with van der Waals surface area (Å²) in [6.45, 7) is 3.88. The molecule has 20 heavy (non-hydrogen) atoms. The summed E-state index contributed by atoms with van der Waals surface area (Å²) in [5.41, 5.74) is 5.97. The van der Waals surface area contributed by atoms with E-state index in [0.717, 1.165) is 0 Å². The standard InChI is InChI=1S/C12H18ClN3O3S/c1-8(2)5-6-20(18,19)16-11-7-9(13)3-4-10(11)12(14)15-17/h3-4,7-8,16-17H,5-6H2,1-2H3,(H2,14,15). The molecule has 4 N–H and O–H groups in total. The van der Waals surface area contributed by atoms with Crippen LogP contribution in [0.2, 0.25) is 5.02 Å².